The summed E-state index contributed by atoms with van der Waals surface area (Å²) in [5.74, 6) is 0.743. The predicted molar refractivity (Wildman–Crippen MR) is 82.2 cm³/mol. The molecule has 1 rings (SSSR count). The molecule has 0 aliphatic carbocycles. The summed E-state index contributed by atoms with van der Waals surface area (Å²) >= 11 is 5.12. The number of halogens is 1. The standard InChI is InChI=1S/C14H22ClNO2S/c1-10(16-19(17)14(2,3)4)8-11-6-7-12(18-5)9-13(11)15/h6-7,9-10,16H,8H2,1-5H3/t10?,19-/m0/s1. The molecule has 1 aromatic rings. The van der Waals surface area contributed by atoms with E-state index in [9.17, 15) is 4.55 Å². The van der Waals surface area contributed by atoms with Gasteiger partial charge in [0.25, 0.3) is 0 Å². The van der Waals surface area contributed by atoms with E-state index in [0.717, 1.165) is 17.7 Å². The van der Waals surface area contributed by atoms with Crippen molar-refractivity contribution >= 4 is 23.0 Å². The Balaban J connectivity index is 2.64. The van der Waals surface area contributed by atoms with Gasteiger partial charge in [-0.1, -0.05) is 17.7 Å². The van der Waals surface area contributed by atoms with Gasteiger partial charge in [0.15, 0.2) is 0 Å². The van der Waals surface area contributed by atoms with Gasteiger partial charge < -0.3 is 9.29 Å². The average Bonchev–Trinajstić information content (AvgIpc) is 2.30. The number of hydrogen-bond acceptors (Lipinski definition) is 3. The van der Waals surface area contributed by atoms with E-state index in [0.29, 0.717) is 5.02 Å². The fraction of sp³-hybridized carbons (Fsp3) is 0.571. The Bertz CT molecular complexity index is 420. The van der Waals surface area contributed by atoms with E-state index < -0.39 is 11.4 Å². The molecule has 5 heteroatoms. The molecule has 0 amide bonds. The molecule has 1 N–H and O–H groups in total. The maximum Gasteiger partial charge on any atom is 0.136 e. The lowest BCUT2D eigenvalue weighted by atomic mass is 10.1. The molecular weight excluding hydrogens is 282 g/mol. The molecular formula is C14H22ClNO2S. The van der Waals surface area contributed by atoms with Gasteiger partial charge in [0, 0.05) is 16.4 Å². The normalized spacial score (nSPS) is 15.1. The first-order valence-electron chi connectivity index (χ1n) is 6.24. The van der Waals surface area contributed by atoms with Gasteiger partial charge in [0.1, 0.15) is 10.5 Å². The second-order valence-corrected chi connectivity index (χ2v) is 7.97. The van der Waals surface area contributed by atoms with E-state index in [1.807, 2.05) is 39.8 Å². The van der Waals surface area contributed by atoms with Gasteiger partial charge >= 0.3 is 0 Å². The summed E-state index contributed by atoms with van der Waals surface area (Å²) in [6.45, 7) is 7.85. The van der Waals surface area contributed by atoms with Crippen LogP contribution in [0.2, 0.25) is 5.02 Å². The topological polar surface area (TPSA) is 44.3 Å². The molecule has 0 fully saturated rings. The molecule has 0 aliphatic heterocycles. The van der Waals surface area contributed by atoms with E-state index in [1.54, 1.807) is 13.2 Å². The predicted octanol–water partition coefficient (Wildman–Crippen LogP) is 3.33. The lowest BCUT2D eigenvalue weighted by Gasteiger charge is -2.26. The summed E-state index contributed by atoms with van der Waals surface area (Å²) in [4.78, 5) is 0. The fourth-order valence-electron chi connectivity index (χ4n) is 1.55. The zero-order valence-electron chi connectivity index (χ0n) is 12.1. The van der Waals surface area contributed by atoms with Crippen LogP contribution in [-0.4, -0.2) is 22.5 Å². The van der Waals surface area contributed by atoms with Crippen LogP contribution in [0.25, 0.3) is 0 Å². The smallest absolute Gasteiger partial charge is 0.136 e. The summed E-state index contributed by atoms with van der Waals surface area (Å²) in [5.41, 5.74) is 1.02. The zero-order valence-corrected chi connectivity index (χ0v) is 13.7. The van der Waals surface area contributed by atoms with Crippen molar-refractivity contribution in [1.82, 2.24) is 4.72 Å². The number of hydrogen-bond donors (Lipinski definition) is 1. The van der Waals surface area contributed by atoms with Crippen molar-refractivity contribution in [2.24, 2.45) is 0 Å². The Kier molecular flexibility index (Phi) is 5.99. The van der Waals surface area contributed by atoms with Crippen LogP contribution < -0.4 is 9.46 Å². The third-order valence-corrected chi connectivity index (χ3v) is 4.73. The highest BCUT2D eigenvalue weighted by Gasteiger charge is 2.28. The van der Waals surface area contributed by atoms with Gasteiger partial charge in [-0.15, -0.1) is 4.72 Å². The third kappa shape index (κ3) is 5.22. The Labute approximate surface area is 124 Å². The molecule has 0 aliphatic rings. The van der Waals surface area contributed by atoms with Gasteiger partial charge in [-0.25, -0.2) is 0 Å². The van der Waals surface area contributed by atoms with Crippen molar-refractivity contribution in [3.63, 3.8) is 0 Å². The Morgan fingerprint density at radius 2 is 2.05 bits per heavy atom. The van der Waals surface area contributed by atoms with Gasteiger partial charge in [-0.2, -0.15) is 0 Å². The highest BCUT2D eigenvalue weighted by atomic mass is 35.5. The summed E-state index contributed by atoms with van der Waals surface area (Å²) in [7, 11) is 1.61. The monoisotopic (exact) mass is 303 g/mol. The average molecular weight is 304 g/mol. The highest BCUT2D eigenvalue weighted by Crippen LogP contribution is 2.24. The molecule has 1 aromatic carbocycles. The van der Waals surface area contributed by atoms with E-state index in [4.69, 9.17) is 16.3 Å². The van der Waals surface area contributed by atoms with Gasteiger partial charge in [0.05, 0.1) is 13.2 Å². The van der Waals surface area contributed by atoms with Crippen LogP contribution in [0.1, 0.15) is 33.3 Å². The first-order valence-corrected chi connectivity index (χ1v) is 7.77. The molecule has 0 bridgehead atoms. The number of nitrogens with one attached hydrogen (secondary N) is 1. The maximum atomic E-state index is 12.0. The van der Waals surface area contributed by atoms with Crippen molar-refractivity contribution in [3.8, 4) is 5.75 Å². The largest absolute Gasteiger partial charge is 0.598 e. The molecule has 3 nitrogen and oxygen atoms in total. The molecule has 0 heterocycles. The molecule has 0 saturated heterocycles. The van der Waals surface area contributed by atoms with E-state index >= 15 is 0 Å². The number of rotatable bonds is 5. The molecule has 0 aromatic heterocycles. The second-order valence-electron chi connectivity index (χ2n) is 5.56. The van der Waals surface area contributed by atoms with Crippen molar-refractivity contribution < 1.29 is 9.29 Å². The van der Waals surface area contributed by atoms with Crippen molar-refractivity contribution in [2.75, 3.05) is 7.11 Å². The second kappa shape index (κ2) is 6.84. The van der Waals surface area contributed by atoms with E-state index in [-0.39, 0.29) is 10.8 Å². The minimum absolute atomic E-state index is 0.0888. The molecule has 108 valence electrons. The SMILES string of the molecule is COc1ccc(CC(C)N[S@@+]([O-])C(C)(C)C)c(Cl)c1. The van der Waals surface area contributed by atoms with E-state index in [1.165, 1.54) is 0 Å². The maximum absolute atomic E-state index is 12.0. The summed E-state index contributed by atoms with van der Waals surface area (Å²) in [5, 5.41) is 0.676. The Hall–Kier alpha value is -0.420. The molecule has 0 radical (unpaired) electrons. The Morgan fingerprint density at radius 3 is 2.53 bits per heavy atom. The number of benzene rings is 1. The molecule has 0 saturated carbocycles. The molecule has 0 spiro atoms. The lowest BCUT2D eigenvalue weighted by molar-refractivity contribution is 0.414. The van der Waals surface area contributed by atoms with Crippen LogP contribution in [0.5, 0.6) is 5.75 Å². The van der Waals surface area contributed by atoms with Crippen LogP contribution in [0, 0.1) is 0 Å². The lowest BCUT2D eigenvalue weighted by Crippen LogP contribution is -2.44. The zero-order chi connectivity index (χ0) is 14.6. The summed E-state index contributed by atoms with van der Waals surface area (Å²) < 4.78 is 20.0. The summed E-state index contributed by atoms with van der Waals surface area (Å²) in [6.07, 6.45) is 0.727. The van der Waals surface area contributed by atoms with Crippen LogP contribution in [0.15, 0.2) is 18.2 Å². The van der Waals surface area contributed by atoms with Crippen molar-refractivity contribution in [2.45, 2.75) is 44.9 Å². The van der Waals surface area contributed by atoms with Crippen molar-refractivity contribution in [1.29, 1.82) is 0 Å². The first kappa shape index (κ1) is 16.6. The molecule has 2 atom stereocenters. The van der Waals surface area contributed by atoms with Crippen LogP contribution in [0.3, 0.4) is 0 Å². The van der Waals surface area contributed by atoms with Gasteiger partial charge in [-0.05, 0) is 51.8 Å². The van der Waals surface area contributed by atoms with Gasteiger partial charge in [0.2, 0.25) is 0 Å². The quantitative estimate of drug-likeness (QED) is 0.849. The van der Waals surface area contributed by atoms with Crippen LogP contribution in [0.4, 0.5) is 0 Å². The minimum atomic E-state index is -1.07. The van der Waals surface area contributed by atoms with Crippen LogP contribution in [-0.2, 0) is 17.8 Å². The summed E-state index contributed by atoms with van der Waals surface area (Å²) in [6, 6.07) is 5.71. The Morgan fingerprint density at radius 1 is 1.42 bits per heavy atom. The fourth-order valence-corrected chi connectivity index (χ4v) is 2.60. The van der Waals surface area contributed by atoms with Gasteiger partial charge in [-0.3, -0.25) is 0 Å². The third-order valence-electron chi connectivity index (χ3n) is 2.65. The molecule has 1 unspecified atom stereocenters. The van der Waals surface area contributed by atoms with Crippen LogP contribution >= 0.6 is 11.6 Å². The number of methoxy groups -OCH3 is 1. The van der Waals surface area contributed by atoms with E-state index in [2.05, 4.69) is 4.72 Å². The number of ether oxygens (including phenoxy) is 1. The minimum Gasteiger partial charge on any atom is -0.598 e. The van der Waals surface area contributed by atoms with Crippen molar-refractivity contribution in [3.05, 3.63) is 28.8 Å². The first-order chi connectivity index (χ1) is 8.74. The molecule has 19 heavy (non-hydrogen) atoms. The highest BCUT2D eigenvalue weighted by molar-refractivity contribution is 7.90.